The van der Waals surface area contributed by atoms with E-state index >= 15 is 0 Å². The number of amides is 1. The summed E-state index contributed by atoms with van der Waals surface area (Å²) in [6.45, 7) is 3.16. The highest BCUT2D eigenvalue weighted by Crippen LogP contribution is 2.29. The lowest BCUT2D eigenvalue weighted by Gasteiger charge is -2.23. The molecule has 0 aliphatic carbocycles. The number of hydrogen-bond acceptors (Lipinski definition) is 6. The van der Waals surface area contributed by atoms with Crippen molar-refractivity contribution in [2.45, 2.75) is 13.3 Å². The fraction of sp³-hybridized carbons (Fsp3) is 0.462. The quantitative estimate of drug-likeness (QED) is 0.848. The Kier molecular flexibility index (Phi) is 4.73. The zero-order chi connectivity index (χ0) is 14.5. The maximum atomic E-state index is 11.7. The zero-order valence-electron chi connectivity index (χ0n) is 11.9. The fourth-order valence-electron chi connectivity index (χ4n) is 1.97. The first-order valence-electron chi connectivity index (χ1n) is 6.58. The van der Waals surface area contributed by atoms with Crippen molar-refractivity contribution < 1.29 is 4.79 Å². The van der Waals surface area contributed by atoms with Crippen LogP contribution in [0.5, 0.6) is 0 Å². The lowest BCUT2D eigenvalue weighted by Crippen LogP contribution is -2.36. The monoisotopic (exact) mass is 293 g/mol. The Labute approximate surface area is 122 Å². The summed E-state index contributed by atoms with van der Waals surface area (Å²) in [5.41, 5.74) is 0. The minimum atomic E-state index is -0.0218. The van der Waals surface area contributed by atoms with Crippen molar-refractivity contribution in [1.82, 2.24) is 15.3 Å². The van der Waals surface area contributed by atoms with Crippen LogP contribution in [0.15, 0.2) is 11.4 Å². The third kappa shape index (κ3) is 2.98. The van der Waals surface area contributed by atoms with Gasteiger partial charge in [0.15, 0.2) is 0 Å². The molecule has 0 spiro atoms. The summed E-state index contributed by atoms with van der Waals surface area (Å²) in [5, 5.41) is 8.61. The summed E-state index contributed by atoms with van der Waals surface area (Å²) >= 11 is 1.57. The van der Waals surface area contributed by atoms with Gasteiger partial charge in [0.05, 0.1) is 11.9 Å². The second kappa shape index (κ2) is 6.51. The molecule has 0 saturated heterocycles. The van der Waals surface area contributed by atoms with Gasteiger partial charge in [-0.25, -0.2) is 4.98 Å². The second-order valence-corrected chi connectivity index (χ2v) is 5.25. The summed E-state index contributed by atoms with van der Waals surface area (Å²) in [5.74, 6) is 1.37. The van der Waals surface area contributed by atoms with Crippen LogP contribution in [0.3, 0.4) is 0 Å². The number of nitrogens with one attached hydrogen (secondary N) is 2. The van der Waals surface area contributed by atoms with Gasteiger partial charge in [-0.1, -0.05) is 6.92 Å². The maximum Gasteiger partial charge on any atom is 0.239 e. The Bertz CT molecular complexity index is 597. The standard InChI is InChI=1S/C13H19N5OS/c1-4-6-18(8-10(19)14-2)11-9-5-7-20-12(9)17-13(15-3)16-11/h5,7H,4,6,8H2,1-3H3,(H,14,19)(H,15,16,17). The number of likely N-dealkylation sites (N-methyl/N-ethyl adjacent to an activating group) is 1. The van der Waals surface area contributed by atoms with Crippen molar-refractivity contribution in [2.75, 3.05) is 37.4 Å². The first-order chi connectivity index (χ1) is 9.69. The van der Waals surface area contributed by atoms with Crippen LogP contribution in [0.2, 0.25) is 0 Å². The minimum Gasteiger partial charge on any atom is -0.358 e. The number of thiophene rings is 1. The summed E-state index contributed by atoms with van der Waals surface area (Å²) in [6.07, 6.45) is 0.946. The van der Waals surface area contributed by atoms with Crippen molar-refractivity contribution >= 4 is 39.2 Å². The Balaban J connectivity index is 2.45. The molecule has 0 saturated carbocycles. The first kappa shape index (κ1) is 14.5. The van der Waals surface area contributed by atoms with Crippen LogP contribution in [0.25, 0.3) is 10.2 Å². The predicted octanol–water partition coefficient (Wildman–Crippen LogP) is 1.70. The molecule has 0 radical (unpaired) electrons. The maximum absolute atomic E-state index is 11.7. The van der Waals surface area contributed by atoms with Gasteiger partial charge in [-0.3, -0.25) is 4.79 Å². The molecule has 2 aromatic heterocycles. The van der Waals surface area contributed by atoms with Crippen molar-refractivity contribution in [1.29, 1.82) is 0 Å². The van der Waals surface area contributed by atoms with Gasteiger partial charge in [-0.15, -0.1) is 11.3 Å². The molecule has 0 fully saturated rings. The van der Waals surface area contributed by atoms with E-state index in [1.165, 1.54) is 0 Å². The number of aromatic nitrogens is 2. The SMILES string of the molecule is CCCN(CC(=O)NC)c1nc(NC)nc2sccc12. The molecule has 0 aliphatic rings. The molecule has 1 amide bonds. The summed E-state index contributed by atoms with van der Waals surface area (Å²) in [7, 11) is 3.44. The highest BCUT2D eigenvalue weighted by molar-refractivity contribution is 7.16. The van der Waals surface area contributed by atoms with E-state index in [2.05, 4.69) is 27.5 Å². The van der Waals surface area contributed by atoms with E-state index in [1.54, 1.807) is 25.4 Å². The predicted molar refractivity (Wildman–Crippen MR) is 83.5 cm³/mol. The Morgan fingerprint density at radius 1 is 1.40 bits per heavy atom. The molecule has 2 rings (SSSR count). The molecule has 0 aliphatic heterocycles. The first-order valence-corrected chi connectivity index (χ1v) is 7.46. The van der Waals surface area contributed by atoms with Crippen LogP contribution in [0.1, 0.15) is 13.3 Å². The van der Waals surface area contributed by atoms with E-state index in [0.29, 0.717) is 12.5 Å². The third-order valence-corrected chi connectivity index (χ3v) is 3.74. The van der Waals surface area contributed by atoms with E-state index < -0.39 is 0 Å². The molecule has 0 atom stereocenters. The molecule has 0 bridgehead atoms. The van der Waals surface area contributed by atoms with Gasteiger partial charge in [0.2, 0.25) is 11.9 Å². The normalized spacial score (nSPS) is 10.6. The van der Waals surface area contributed by atoms with Crippen molar-refractivity contribution in [3.05, 3.63) is 11.4 Å². The minimum absolute atomic E-state index is 0.0218. The Morgan fingerprint density at radius 2 is 2.20 bits per heavy atom. The summed E-state index contributed by atoms with van der Waals surface area (Å²) < 4.78 is 0. The van der Waals surface area contributed by atoms with Crippen LogP contribution in [0, 0.1) is 0 Å². The van der Waals surface area contributed by atoms with E-state index in [-0.39, 0.29) is 5.91 Å². The van der Waals surface area contributed by atoms with Gasteiger partial charge < -0.3 is 15.5 Å². The average molecular weight is 293 g/mol. The second-order valence-electron chi connectivity index (χ2n) is 4.35. The number of carbonyl (C=O) groups excluding carboxylic acids is 1. The van der Waals surface area contributed by atoms with E-state index in [4.69, 9.17) is 0 Å². The molecular weight excluding hydrogens is 274 g/mol. The molecule has 6 nitrogen and oxygen atoms in total. The number of nitrogens with zero attached hydrogens (tertiary/aromatic N) is 3. The Hall–Kier alpha value is -1.89. The molecular formula is C13H19N5OS. The van der Waals surface area contributed by atoms with Gasteiger partial charge in [0.25, 0.3) is 0 Å². The van der Waals surface area contributed by atoms with Crippen LogP contribution >= 0.6 is 11.3 Å². The van der Waals surface area contributed by atoms with E-state index in [1.807, 2.05) is 16.3 Å². The number of hydrogen-bond donors (Lipinski definition) is 2. The smallest absolute Gasteiger partial charge is 0.239 e. The van der Waals surface area contributed by atoms with E-state index in [9.17, 15) is 4.79 Å². The van der Waals surface area contributed by atoms with Crippen molar-refractivity contribution in [3.63, 3.8) is 0 Å². The highest BCUT2D eigenvalue weighted by Gasteiger charge is 2.16. The van der Waals surface area contributed by atoms with Gasteiger partial charge in [-0.05, 0) is 17.9 Å². The third-order valence-electron chi connectivity index (χ3n) is 2.93. The molecule has 2 aromatic rings. The fourth-order valence-corrected chi connectivity index (χ4v) is 2.73. The number of fused-ring (bicyclic) bond motifs is 1. The number of rotatable bonds is 6. The molecule has 0 aromatic carbocycles. The van der Waals surface area contributed by atoms with Crippen LogP contribution in [0.4, 0.5) is 11.8 Å². The largest absolute Gasteiger partial charge is 0.358 e. The van der Waals surface area contributed by atoms with E-state index in [0.717, 1.165) is 29.0 Å². The molecule has 2 heterocycles. The zero-order valence-corrected chi connectivity index (χ0v) is 12.8. The molecule has 7 heteroatoms. The van der Waals surface area contributed by atoms with Crippen LogP contribution in [-0.2, 0) is 4.79 Å². The van der Waals surface area contributed by atoms with Gasteiger partial charge in [0.1, 0.15) is 10.6 Å². The highest BCUT2D eigenvalue weighted by atomic mass is 32.1. The Morgan fingerprint density at radius 3 is 2.85 bits per heavy atom. The number of carbonyl (C=O) groups is 1. The molecule has 2 N–H and O–H groups in total. The van der Waals surface area contributed by atoms with Crippen molar-refractivity contribution in [3.8, 4) is 0 Å². The van der Waals surface area contributed by atoms with Crippen molar-refractivity contribution in [2.24, 2.45) is 0 Å². The topological polar surface area (TPSA) is 70.2 Å². The number of anilines is 2. The lowest BCUT2D eigenvalue weighted by atomic mass is 10.3. The van der Waals surface area contributed by atoms with Crippen LogP contribution in [-0.4, -0.2) is 43.1 Å². The van der Waals surface area contributed by atoms with Gasteiger partial charge in [-0.2, -0.15) is 4.98 Å². The molecule has 0 unspecified atom stereocenters. The summed E-state index contributed by atoms with van der Waals surface area (Å²) in [6, 6.07) is 2.00. The van der Waals surface area contributed by atoms with Gasteiger partial charge >= 0.3 is 0 Å². The van der Waals surface area contributed by atoms with Gasteiger partial charge in [0, 0.05) is 20.6 Å². The lowest BCUT2D eigenvalue weighted by molar-refractivity contribution is -0.119. The molecule has 20 heavy (non-hydrogen) atoms. The average Bonchev–Trinajstić information content (AvgIpc) is 2.93. The molecule has 108 valence electrons. The van der Waals surface area contributed by atoms with Crippen LogP contribution < -0.4 is 15.5 Å². The summed E-state index contributed by atoms with van der Waals surface area (Å²) in [4.78, 5) is 23.6.